The van der Waals surface area contributed by atoms with E-state index in [0.717, 1.165) is 0 Å². The van der Waals surface area contributed by atoms with E-state index in [9.17, 15) is 9.18 Å². The summed E-state index contributed by atoms with van der Waals surface area (Å²) < 4.78 is 18.5. The molecule has 0 spiro atoms. The van der Waals surface area contributed by atoms with Gasteiger partial charge in [0.15, 0.2) is 5.67 Å². The van der Waals surface area contributed by atoms with E-state index >= 15 is 0 Å². The summed E-state index contributed by atoms with van der Waals surface area (Å²) in [6.07, 6.45) is 0.269. The molecule has 1 fully saturated rings. The van der Waals surface area contributed by atoms with Gasteiger partial charge >= 0.3 is 5.97 Å². The average molecular weight is 224 g/mol. The van der Waals surface area contributed by atoms with E-state index in [1.54, 1.807) is 30.3 Å². The van der Waals surface area contributed by atoms with Crippen LogP contribution in [0.4, 0.5) is 4.39 Å². The van der Waals surface area contributed by atoms with Crippen molar-refractivity contribution >= 4 is 5.97 Å². The van der Waals surface area contributed by atoms with Crippen molar-refractivity contribution in [2.45, 2.75) is 12.1 Å². The van der Waals surface area contributed by atoms with E-state index in [4.69, 9.17) is 9.84 Å². The van der Waals surface area contributed by atoms with Crippen molar-refractivity contribution in [3.63, 3.8) is 0 Å². The molecule has 2 rings (SSSR count). The highest BCUT2D eigenvalue weighted by Crippen LogP contribution is 2.47. The van der Waals surface area contributed by atoms with Gasteiger partial charge in [-0.3, -0.25) is 0 Å². The zero-order valence-electron chi connectivity index (χ0n) is 8.73. The van der Waals surface area contributed by atoms with Crippen molar-refractivity contribution < 1.29 is 19.0 Å². The first-order valence-electron chi connectivity index (χ1n) is 5.18. The molecule has 16 heavy (non-hydrogen) atoms. The third kappa shape index (κ3) is 2.22. The van der Waals surface area contributed by atoms with Gasteiger partial charge in [-0.15, -0.1) is 0 Å². The van der Waals surface area contributed by atoms with E-state index in [-0.39, 0.29) is 25.6 Å². The van der Waals surface area contributed by atoms with Crippen LogP contribution in [0.1, 0.15) is 16.8 Å². The van der Waals surface area contributed by atoms with E-state index in [1.165, 1.54) is 0 Å². The van der Waals surface area contributed by atoms with E-state index in [0.29, 0.717) is 5.56 Å². The molecule has 1 aromatic rings. The van der Waals surface area contributed by atoms with Gasteiger partial charge in [0.2, 0.25) is 0 Å². The largest absolute Gasteiger partial charge is 0.459 e. The molecule has 1 saturated carbocycles. The van der Waals surface area contributed by atoms with Crippen molar-refractivity contribution in [3.05, 3.63) is 35.9 Å². The molecule has 1 N–H and O–H groups in total. The van der Waals surface area contributed by atoms with Crippen molar-refractivity contribution in [2.24, 2.45) is 5.92 Å². The molecule has 86 valence electrons. The molecule has 0 unspecified atom stereocenters. The summed E-state index contributed by atoms with van der Waals surface area (Å²) in [5.41, 5.74) is -1.11. The second kappa shape index (κ2) is 4.22. The van der Waals surface area contributed by atoms with Crippen LogP contribution in [0.15, 0.2) is 30.3 Å². The molecule has 3 nitrogen and oxygen atoms in total. The Balaban J connectivity index is 1.86. The Bertz CT molecular complexity index is 379. The summed E-state index contributed by atoms with van der Waals surface area (Å²) in [7, 11) is 0. The molecule has 0 radical (unpaired) electrons. The number of hydrogen-bond donors (Lipinski definition) is 1. The number of carbonyl (C=O) groups excluding carboxylic acids is 1. The van der Waals surface area contributed by atoms with Crippen LogP contribution >= 0.6 is 0 Å². The molecule has 0 amide bonds. The molecule has 2 atom stereocenters. The molecular formula is C12H13FO3. The second-order valence-corrected chi connectivity index (χ2v) is 4.06. The molecule has 1 aliphatic carbocycles. The predicted octanol–water partition coefficient (Wildman–Crippen LogP) is 1.56. The Kier molecular flexibility index (Phi) is 2.92. The van der Waals surface area contributed by atoms with Gasteiger partial charge in [0.25, 0.3) is 0 Å². The first kappa shape index (κ1) is 11.1. The number of ether oxygens (including phenoxy) is 1. The summed E-state index contributed by atoms with van der Waals surface area (Å²) in [6.45, 7) is -0.467. The Morgan fingerprint density at radius 2 is 2.19 bits per heavy atom. The number of alkyl halides is 1. The van der Waals surface area contributed by atoms with Crippen LogP contribution in [0.3, 0.4) is 0 Å². The monoisotopic (exact) mass is 224 g/mol. The van der Waals surface area contributed by atoms with Gasteiger partial charge in [0.05, 0.1) is 5.56 Å². The molecule has 0 heterocycles. The van der Waals surface area contributed by atoms with Gasteiger partial charge in [-0.1, -0.05) is 18.2 Å². The quantitative estimate of drug-likeness (QED) is 0.789. The van der Waals surface area contributed by atoms with E-state index in [2.05, 4.69) is 0 Å². The summed E-state index contributed by atoms with van der Waals surface area (Å²) in [4.78, 5) is 11.5. The fraction of sp³-hybridized carbons (Fsp3) is 0.417. The Hall–Kier alpha value is -1.42. The van der Waals surface area contributed by atoms with Gasteiger partial charge in [0.1, 0.15) is 6.61 Å². The van der Waals surface area contributed by atoms with Gasteiger partial charge in [0, 0.05) is 12.5 Å². The van der Waals surface area contributed by atoms with Crippen LogP contribution in [-0.2, 0) is 4.74 Å². The Labute approximate surface area is 92.9 Å². The van der Waals surface area contributed by atoms with Crippen molar-refractivity contribution in [3.8, 4) is 0 Å². The first-order valence-corrected chi connectivity index (χ1v) is 5.18. The topological polar surface area (TPSA) is 46.5 Å². The van der Waals surface area contributed by atoms with Crippen LogP contribution in [0.25, 0.3) is 0 Å². The zero-order valence-corrected chi connectivity index (χ0v) is 8.73. The predicted molar refractivity (Wildman–Crippen MR) is 55.8 cm³/mol. The third-order valence-corrected chi connectivity index (χ3v) is 2.83. The lowest BCUT2D eigenvalue weighted by atomic mass is 10.2. The van der Waals surface area contributed by atoms with Crippen LogP contribution in [0.2, 0.25) is 0 Å². The van der Waals surface area contributed by atoms with Gasteiger partial charge in [-0.05, 0) is 18.6 Å². The molecule has 0 saturated heterocycles. The third-order valence-electron chi connectivity index (χ3n) is 2.83. The number of rotatable bonds is 4. The summed E-state index contributed by atoms with van der Waals surface area (Å²) in [6, 6.07) is 8.45. The summed E-state index contributed by atoms with van der Waals surface area (Å²) in [5, 5.41) is 8.74. The molecule has 1 aromatic carbocycles. The number of hydrogen-bond acceptors (Lipinski definition) is 3. The smallest absolute Gasteiger partial charge is 0.338 e. The van der Waals surface area contributed by atoms with E-state index in [1.807, 2.05) is 0 Å². The molecule has 0 aliphatic heterocycles. The molecule has 4 heteroatoms. The number of aliphatic hydroxyl groups excluding tert-OH is 1. The SMILES string of the molecule is O=C(OC[C@@]1(F)C[C@H]1CO)c1ccccc1. The maximum atomic E-state index is 13.6. The lowest BCUT2D eigenvalue weighted by Gasteiger charge is -2.08. The summed E-state index contributed by atoms with van der Waals surface area (Å²) in [5.74, 6) is -0.905. The Morgan fingerprint density at radius 1 is 1.50 bits per heavy atom. The van der Waals surface area contributed by atoms with E-state index < -0.39 is 11.6 Å². The van der Waals surface area contributed by atoms with Crippen LogP contribution in [0, 0.1) is 5.92 Å². The number of aliphatic hydroxyl groups is 1. The normalized spacial score (nSPS) is 27.5. The second-order valence-electron chi connectivity index (χ2n) is 4.06. The van der Waals surface area contributed by atoms with Crippen molar-refractivity contribution in [1.82, 2.24) is 0 Å². The molecule has 0 bridgehead atoms. The number of benzene rings is 1. The lowest BCUT2D eigenvalue weighted by Crippen LogP contribution is -2.19. The zero-order chi connectivity index (χ0) is 11.6. The molecule has 1 aliphatic rings. The maximum Gasteiger partial charge on any atom is 0.338 e. The van der Waals surface area contributed by atoms with Gasteiger partial charge in [-0.2, -0.15) is 0 Å². The van der Waals surface area contributed by atoms with Crippen LogP contribution in [-0.4, -0.2) is 30.0 Å². The highest BCUT2D eigenvalue weighted by Gasteiger charge is 2.56. The lowest BCUT2D eigenvalue weighted by molar-refractivity contribution is 0.0327. The first-order chi connectivity index (χ1) is 7.65. The minimum atomic E-state index is -1.51. The van der Waals surface area contributed by atoms with Crippen molar-refractivity contribution in [2.75, 3.05) is 13.2 Å². The average Bonchev–Trinajstić information content (AvgIpc) is 2.99. The van der Waals surface area contributed by atoms with Crippen LogP contribution in [0.5, 0.6) is 0 Å². The molecular weight excluding hydrogens is 211 g/mol. The highest BCUT2D eigenvalue weighted by molar-refractivity contribution is 5.89. The van der Waals surface area contributed by atoms with Gasteiger partial charge in [-0.25, -0.2) is 9.18 Å². The van der Waals surface area contributed by atoms with Crippen LogP contribution < -0.4 is 0 Å². The van der Waals surface area contributed by atoms with Gasteiger partial charge < -0.3 is 9.84 Å². The number of carbonyl (C=O) groups is 1. The number of esters is 1. The fourth-order valence-electron chi connectivity index (χ4n) is 1.60. The minimum absolute atomic E-state index is 0.195. The minimum Gasteiger partial charge on any atom is -0.459 e. The highest BCUT2D eigenvalue weighted by atomic mass is 19.1. The maximum absolute atomic E-state index is 13.6. The number of halogens is 1. The Morgan fingerprint density at radius 3 is 2.75 bits per heavy atom. The standard InChI is InChI=1S/C12H13FO3/c13-12(6-10(12)7-14)8-16-11(15)9-4-2-1-3-5-9/h1-5,10,14H,6-8H2/t10-,12-/m0/s1. The summed E-state index contributed by atoms with van der Waals surface area (Å²) >= 11 is 0. The molecule has 0 aromatic heterocycles. The van der Waals surface area contributed by atoms with Crippen molar-refractivity contribution in [1.29, 1.82) is 0 Å². The fourth-order valence-corrected chi connectivity index (χ4v) is 1.60.